The molecule has 1 unspecified atom stereocenters. The molecule has 0 aliphatic heterocycles. The van der Waals surface area contributed by atoms with Crippen LogP contribution in [0.2, 0.25) is 0 Å². The molecule has 0 amide bonds. The Balaban J connectivity index is 2.93. The van der Waals surface area contributed by atoms with Crippen molar-refractivity contribution in [2.24, 2.45) is 0 Å². The summed E-state index contributed by atoms with van der Waals surface area (Å²) in [6.45, 7) is 6.29. The van der Waals surface area contributed by atoms with Crippen molar-refractivity contribution in [3.63, 3.8) is 0 Å². The molecule has 19 heavy (non-hydrogen) atoms. The van der Waals surface area contributed by atoms with Gasteiger partial charge in [0.05, 0.1) is 5.75 Å². The zero-order valence-corrected chi connectivity index (χ0v) is 13.4. The van der Waals surface area contributed by atoms with Gasteiger partial charge in [0.15, 0.2) is 5.16 Å². The summed E-state index contributed by atoms with van der Waals surface area (Å²) < 4.78 is 2.09. The van der Waals surface area contributed by atoms with Crippen LogP contribution in [0.5, 0.6) is 0 Å². The van der Waals surface area contributed by atoms with Gasteiger partial charge in [0.1, 0.15) is 5.82 Å². The monoisotopic (exact) mass is 303 g/mol. The van der Waals surface area contributed by atoms with Crippen LogP contribution in [-0.2, 0) is 4.79 Å². The molecule has 0 spiro atoms. The van der Waals surface area contributed by atoms with Gasteiger partial charge in [0.2, 0.25) is 0 Å². The van der Waals surface area contributed by atoms with E-state index >= 15 is 0 Å². The molecule has 0 radical (unpaired) electrons. The topological polar surface area (TPSA) is 68.0 Å². The fourth-order valence-electron chi connectivity index (χ4n) is 1.74. The molecule has 0 aromatic carbocycles. The summed E-state index contributed by atoms with van der Waals surface area (Å²) in [5.74, 6) is 1.47. The molecule has 7 heteroatoms. The molecular formula is C12H21N3O2S2. The molecule has 1 aromatic rings. The lowest BCUT2D eigenvalue weighted by Crippen LogP contribution is -2.13. The van der Waals surface area contributed by atoms with E-state index in [1.807, 2.05) is 11.8 Å². The lowest BCUT2D eigenvalue weighted by molar-refractivity contribution is -0.133. The molecule has 1 rings (SSSR count). The van der Waals surface area contributed by atoms with Crippen LogP contribution in [0.25, 0.3) is 0 Å². The maximum absolute atomic E-state index is 10.7. The number of carbonyl (C=O) groups is 1. The van der Waals surface area contributed by atoms with Gasteiger partial charge in [-0.3, -0.25) is 4.79 Å². The Labute approximate surface area is 122 Å². The third-order valence-electron chi connectivity index (χ3n) is 2.71. The maximum Gasteiger partial charge on any atom is 0.313 e. The Morgan fingerprint density at radius 3 is 2.58 bits per heavy atom. The van der Waals surface area contributed by atoms with Crippen LogP contribution in [0, 0.1) is 0 Å². The van der Waals surface area contributed by atoms with Gasteiger partial charge in [-0.05, 0) is 25.4 Å². The van der Waals surface area contributed by atoms with Crippen molar-refractivity contribution in [3.8, 4) is 0 Å². The van der Waals surface area contributed by atoms with Gasteiger partial charge in [-0.15, -0.1) is 10.2 Å². The number of aromatic nitrogens is 3. The van der Waals surface area contributed by atoms with Crippen LogP contribution in [-0.4, -0.2) is 43.6 Å². The largest absolute Gasteiger partial charge is 0.481 e. The van der Waals surface area contributed by atoms with Crippen LogP contribution in [0.4, 0.5) is 0 Å². The summed E-state index contributed by atoms with van der Waals surface area (Å²) in [5, 5.41) is 17.8. The van der Waals surface area contributed by atoms with Gasteiger partial charge >= 0.3 is 5.97 Å². The summed E-state index contributed by atoms with van der Waals surface area (Å²) in [6.07, 6.45) is 3.11. The maximum atomic E-state index is 10.7. The first-order chi connectivity index (χ1) is 8.97. The van der Waals surface area contributed by atoms with Gasteiger partial charge in [-0.25, -0.2) is 0 Å². The predicted octanol–water partition coefficient (Wildman–Crippen LogP) is 2.89. The van der Waals surface area contributed by atoms with Crippen molar-refractivity contribution >= 4 is 29.5 Å². The number of aliphatic carboxylic acids is 1. The molecule has 0 aliphatic rings. The first-order valence-electron chi connectivity index (χ1n) is 6.25. The third kappa shape index (κ3) is 4.72. The molecule has 0 aliphatic carbocycles. The Hall–Kier alpha value is -0.690. The Kier molecular flexibility index (Phi) is 6.71. The van der Waals surface area contributed by atoms with E-state index in [-0.39, 0.29) is 17.7 Å². The van der Waals surface area contributed by atoms with E-state index < -0.39 is 5.97 Å². The van der Waals surface area contributed by atoms with Gasteiger partial charge in [0, 0.05) is 12.0 Å². The molecule has 0 bridgehead atoms. The van der Waals surface area contributed by atoms with Gasteiger partial charge in [-0.2, -0.15) is 11.8 Å². The summed E-state index contributed by atoms with van der Waals surface area (Å²) in [7, 11) is 0. The molecule has 1 atom stereocenters. The normalized spacial score (nSPS) is 12.9. The van der Waals surface area contributed by atoms with Crippen LogP contribution in [0.1, 0.15) is 45.0 Å². The Morgan fingerprint density at radius 1 is 1.37 bits per heavy atom. The molecule has 0 saturated carbocycles. The van der Waals surface area contributed by atoms with Crippen LogP contribution in [0.15, 0.2) is 5.16 Å². The van der Waals surface area contributed by atoms with Crippen molar-refractivity contribution in [2.75, 3.05) is 17.8 Å². The van der Waals surface area contributed by atoms with E-state index in [1.54, 1.807) is 0 Å². The van der Waals surface area contributed by atoms with E-state index in [4.69, 9.17) is 5.11 Å². The quantitative estimate of drug-likeness (QED) is 0.745. The Morgan fingerprint density at radius 2 is 2.05 bits per heavy atom. The number of rotatable bonds is 8. The fraction of sp³-hybridized carbons (Fsp3) is 0.750. The SMILES string of the molecule is CSCCC(C)n1c(SCC(=O)O)nnc1C(C)C. The first kappa shape index (κ1) is 16.4. The fourth-order valence-corrected chi connectivity index (χ4v) is 3.08. The second-order valence-electron chi connectivity index (χ2n) is 4.68. The van der Waals surface area contributed by atoms with Crippen molar-refractivity contribution in [3.05, 3.63) is 5.82 Å². The number of hydrogen-bond donors (Lipinski definition) is 1. The second-order valence-corrected chi connectivity index (χ2v) is 6.61. The molecule has 1 heterocycles. The highest BCUT2D eigenvalue weighted by Crippen LogP contribution is 2.27. The van der Waals surface area contributed by atoms with E-state index in [2.05, 4.69) is 41.8 Å². The standard InChI is InChI=1S/C12H21N3O2S2/c1-8(2)11-13-14-12(19-7-10(16)17)15(11)9(3)5-6-18-4/h8-9H,5-7H2,1-4H3,(H,16,17). The average Bonchev–Trinajstić information content (AvgIpc) is 2.77. The minimum absolute atomic E-state index is 0.0193. The van der Waals surface area contributed by atoms with E-state index in [9.17, 15) is 4.79 Å². The second kappa shape index (κ2) is 7.79. The zero-order valence-electron chi connectivity index (χ0n) is 11.8. The van der Waals surface area contributed by atoms with Gasteiger partial charge in [0.25, 0.3) is 0 Å². The average molecular weight is 303 g/mol. The van der Waals surface area contributed by atoms with Crippen LogP contribution < -0.4 is 0 Å². The lowest BCUT2D eigenvalue weighted by atomic mass is 10.2. The summed E-state index contributed by atoms with van der Waals surface area (Å²) >= 11 is 3.05. The van der Waals surface area contributed by atoms with Crippen molar-refractivity contribution in [1.82, 2.24) is 14.8 Å². The predicted molar refractivity (Wildman–Crippen MR) is 80.2 cm³/mol. The minimum atomic E-state index is -0.831. The Bertz CT molecular complexity index is 421. The third-order valence-corrected chi connectivity index (χ3v) is 4.28. The first-order valence-corrected chi connectivity index (χ1v) is 8.63. The molecule has 0 saturated heterocycles. The van der Waals surface area contributed by atoms with Crippen molar-refractivity contribution in [2.45, 2.75) is 44.3 Å². The number of hydrogen-bond acceptors (Lipinski definition) is 5. The summed E-state index contributed by atoms with van der Waals surface area (Å²) in [6, 6.07) is 0.288. The summed E-state index contributed by atoms with van der Waals surface area (Å²) in [5.41, 5.74) is 0. The van der Waals surface area contributed by atoms with Crippen LogP contribution >= 0.6 is 23.5 Å². The number of nitrogens with zero attached hydrogens (tertiary/aromatic N) is 3. The van der Waals surface area contributed by atoms with Crippen molar-refractivity contribution < 1.29 is 9.90 Å². The smallest absolute Gasteiger partial charge is 0.313 e. The molecule has 1 N–H and O–H groups in total. The number of carboxylic acid groups (broad SMARTS) is 1. The molecule has 1 aromatic heterocycles. The van der Waals surface area contributed by atoms with Gasteiger partial charge in [-0.1, -0.05) is 25.6 Å². The molecule has 5 nitrogen and oxygen atoms in total. The molecular weight excluding hydrogens is 282 g/mol. The van der Waals surface area contributed by atoms with E-state index in [0.29, 0.717) is 5.16 Å². The van der Waals surface area contributed by atoms with Gasteiger partial charge < -0.3 is 9.67 Å². The van der Waals surface area contributed by atoms with E-state index in [1.165, 1.54) is 11.8 Å². The minimum Gasteiger partial charge on any atom is -0.481 e. The summed E-state index contributed by atoms with van der Waals surface area (Å²) in [4.78, 5) is 10.7. The highest BCUT2D eigenvalue weighted by atomic mass is 32.2. The number of thioether (sulfide) groups is 2. The van der Waals surface area contributed by atoms with E-state index in [0.717, 1.165) is 18.0 Å². The zero-order chi connectivity index (χ0) is 14.4. The van der Waals surface area contributed by atoms with Crippen LogP contribution in [0.3, 0.4) is 0 Å². The highest BCUT2D eigenvalue weighted by Gasteiger charge is 2.20. The number of carboxylic acids is 1. The molecule has 0 fully saturated rings. The lowest BCUT2D eigenvalue weighted by Gasteiger charge is -2.18. The highest BCUT2D eigenvalue weighted by molar-refractivity contribution is 7.99. The van der Waals surface area contributed by atoms with Crippen molar-refractivity contribution in [1.29, 1.82) is 0 Å². The molecule has 108 valence electrons.